The normalized spacial score (nSPS) is 10.8. The van der Waals surface area contributed by atoms with E-state index in [9.17, 15) is 4.79 Å². The Balaban J connectivity index is 2.18. The average molecular weight is 278 g/mol. The van der Waals surface area contributed by atoms with Gasteiger partial charge in [0.05, 0.1) is 11.4 Å². The Morgan fingerprint density at radius 1 is 1.00 bits per heavy atom. The molecule has 3 heteroatoms. The summed E-state index contributed by atoms with van der Waals surface area (Å²) in [5.74, 6) is 0. The number of aromatic nitrogens is 2. The standard InChI is InChI=1S/C18H18N2O/c1-3-16-17(14-7-5-4-6-8-14)19-20(18(16)21)15-11-9-13(2)10-12-15/h4-12,19H,3H2,1-2H3. The molecule has 0 saturated heterocycles. The first-order valence-corrected chi connectivity index (χ1v) is 7.17. The molecule has 0 fully saturated rings. The number of aryl methyl sites for hydroxylation is 1. The second kappa shape index (κ2) is 5.44. The molecule has 0 aliphatic carbocycles. The highest BCUT2D eigenvalue weighted by atomic mass is 16.1. The number of rotatable bonds is 3. The van der Waals surface area contributed by atoms with Crippen LogP contribution in [0.4, 0.5) is 0 Å². The minimum absolute atomic E-state index is 0.0280. The summed E-state index contributed by atoms with van der Waals surface area (Å²) in [4.78, 5) is 12.6. The number of hydrogen-bond acceptors (Lipinski definition) is 1. The molecule has 0 radical (unpaired) electrons. The molecule has 0 unspecified atom stereocenters. The van der Waals surface area contributed by atoms with Gasteiger partial charge in [-0.15, -0.1) is 0 Å². The van der Waals surface area contributed by atoms with Gasteiger partial charge in [-0.25, -0.2) is 4.68 Å². The molecule has 1 N–H and O–H groups in total. The molecule has 0 aliphatic heterocycles. The van der Waals surface area contributed by atoms with Crippen LogP contribution in [-0.4, -0.2) is 9.78 Å². The van der Waals surface area contributed by atoms with Crippen molar-refractivity contribution >= 4 is 0 Å². The molecule has 0 saturated carbocycles. The Hall–Kier alpha value is -2.55. The number of aromatic amines is 1. The number of H-pyrrole nitrogens is 1. The minimum atomic E-state index is 0.0280. The number of benzene rings is 2. The van der Waals surface area contributed by atoms with Crippen LogP contribution in [-0.2, 0) is 6.42 Å². The van der Waals surface area contributed by atoms with Crippen molar-refractivity contribution in [2.75, 3.05) is 0 Å². The molecular formula is C18H18N2O. The van der Waals surface area contributed by atoms with Crippen LogP contribution in [0.3, 0.4) is 0 Å². The molecule has 21 heavy (non-hydrogen) atoms. The minimum Gasteiger partial charge on any atom is -0.290 e. The maximum Gasteiger partial charge on any atom is 0.275 e. The number of hydrogen-bond donors (Lipinski definition) is 1. The lowest BCUT2D eigenvalue weighted by Gasteiger charge is -2.02. The van der Waals surface area contributed by atoms with Crippen LogP contribution in [0.15, 0.2) is 59.4 Å². The average Bonchev–Trinajstić information content (AvgIpc) is 2.86. The molecule has 106 valence electrons. The van der Waals surface area contributed by atoms with Gasteiger partial charge < -0.3 is 0 Å². The monoisotopic (exact) mass is 278 g/mol. The second-order valence-electron chi connectivity index (χ2n) is 5.16. The van der Waals surface area contributed by atoms with E-state index >= 15 is 0 Å². The lowest BCUT2D eigenvalue weighted by molar-refractivity contribution is 0.848. The molecule has 3 rings (SSSR count). The Bertz CT molecular complexity index is 795. The van der Waals surface area contributed by atoms with E-state index in [1.807, 2.05) is 68.4 Å². The SMILES string of the molecule is CCc1c(-c2ccccc2)[nH]n(-c2ccc(C)cc2)c1=O. The molecule has 0 spiro atoms. The summed E-state index contributed by atoms with van der Waals surface area (Å²) >= 11 is 0. The molecule has 2 aromatic carbocycles. The fourth-order valence-corrected chi connectivity index (χ4v) is 2.52. The van der Waals surface area contributed by atoms with Gasteiger partial charge in [0.1, 0.15) is 0 Å². The van der Waals surface area contributed by atoms with E-state index in [-0.39, 0.29) is 5.56 Å². The topological polar surface area (TPSA) is 37.8 Å². The van der Waals surface area contributed by atoms with Crippen LogP contribution in [0, 0.1) is 6.92 Å². The van der Waals surface area contributed by atoms with E-state index in [4.69, 9.17) is 0 Å². The quantitative estimate of drug-likeness (QED) is 0.779. The third-order valence-corrected chi connectivity index (χ3v) is 3.69. The molecule has 0 amide bonds. The van der Waals surface area contributed by atoms with Gasteiger partial charge >= 0.3 is 0 Å². The van der Waals surface area contributed by atoms with E-state index in [2.05, 4.69) is 5.10 Å². The van der Waals surface area contributed by atoms with Crippen molar-refractivity contribution in [3.63, 3.8) is 0 Å². The molecule has 0 bridgehead atoms. The molecule has 1 aromatic heterocycles. The summed E-state index contributed by atoms with van der Waals surface area (Å²) in [7, 11) is 0. The lowest BCUT2D eigenvalue weighted by Crippen LogP contribution is -2.16. The predicted octanol–water partition coefficient (Wildman–Crippen LogP) is 3.70. The van der Waals surface area contributed by atoms with Gasteiger partial charge in [-0.3, -0.25) is 9.89 Å². The highest BCUT2D eigenvalue weighted by molar-refractivity contribution is 5.63. The van der Waals surface area contributed by atoms with Crippen LogP contribution >= 0.6 is 0 Å². The van der Waals surface area contributed by atoms with Crippen LogP contribution in [0.1, 0.15) is 18.1 Å². The summed E-state index contributed by atoms with van der Waals surface area (Å²) in [5, 5.41) is 3.26. The summed E-state index contributed by atoms with van der Waals surface area (Å²) in [6.45, 7) is 4.05. The van der Waals surface area contributed by atoms with Crippen molar-refractivity contribution in [3.8, 4) is 16.9 Å². The van der Waals surface area contributed by atoms with E-state index in [0.29, 0.717) is 6.42 Å². The van der Waals surface area contributed by atoms with Gasteiger partial charge in [-0.1, -0.05) is 55.0 Å². The smallest absolute Gasteiger partial charge is 0.275 e. The van der Waals surface area contributed by atoms with Crippen molar-refractivity contribution < 1.29 is 0 Å². The maximum absolute atomic E-state index is 12.6. The van der Waals surface area contributed by atoms with Crippen molar-refractivity contribution in [2.45, 2.75) is 20.3 Å². The van der Waals surface area contributed by atoms with Crippen molar-refractivity contribution in [1.82, 2.24) is 9.78 Å². The van der Waals surface area contributed by atoms with Gasteiger partial charge in [0.2, 0.25) is 0 Å². The van der Waals surface area contributed by atoms with Gasteiger partial charge in [-0.05, 0) is 31.0 Å². The third kappa shape index (κ3) is 2.42. The van der Waals surface area contributed by atoms with Crippen LogP contribution in [0.2, 0.25) is 0 Å². The zero-order chi connectivity index (χ0) is 14.8. The first-order chi connectivity index (χ1) is 10.2. The summed E-state index contributed by atoms with van der Waals surface area (Å²) < 4.78 is 1.63. The van der Waals surface area contributed by atoms with Crippen molar-refractivity contribution in [1.29, 1.82) is 0 Å². The fourth-order valence-electron chi connectivity index (χ4n) is 2.52. The van der Waals surface area contributed by atoms with Gasteiger partial charge in [0, 0.05) is 5.56 Å². The third-order valence-electron chi connectivity index (χ3n) is 3.69. The maximum atomic E-state index is 12.6. The van der Waals surface area contributed by atoms with Crippen LogP contribution in [0.25, 0.3) is 16.9 Å². The zero-order valence-electron chi connectivity index (χ0n) is 12.3. The van der Waals surface area contributed by atoms with Crippen LogP contribution < -0.4 is 5.56 Å². The highest BCUT2D eigenvalue weighted by Crippen LogP contribution is 2.20. The largest absolute Gasteiger partial charge is 0.290 e. The number of nitrogens with one attached hydrogen (secondary N) is 1. The highest BCUT2D eigenvalue weighted by Gasteiger charge is 2.14. The van der Waals surface area contributed by atoms with Crippen LogP contribution in [0.5, 0.6) is 0 Å². The fraction of sp³-hybridized carbons (Fsp3) is 0.167. The summed E-state index contributed by atoms with van der Waals surface area (Å²) in [5.41, 5.74) is 4.84. The molecule has 0 atom stereocenters. The van der Waals surface area contributed by atoms with Gasteiger partial charge in [0.15, 0.2) is 0 Å². The molecule has 3 nitrogen and oxygen atoms in total. The molecule has 0 aliphatic rings. The molecule has 1 heterocycles. The Kier molecular flexibility index (Phi) is 3.48. The second-order valence-corrected chi connectivity index (χ2v) is 5.16. The molecular weight excluding hydrogens is 260 g/mol. The lowest BCUT2D eigenvalue weighted by atomic mass is 10.1. The van der Waals surface area contributed by atoms with E-state index < -0.39 is 0 Å². The first-order valence-electron chi connectivity index (χ1n) is 7.17. The van der Waals surface area contributed by atoms with E-state index in [1.54, 1.807) is 4.68 Å². The van der Waals surface area contributed by atoms with Crippen molar-refractivity contribution in [3.05, 3.63) is 76.1 Å². The molecule has 3 aromatic rings. The Labute approximate surface area is 123 Å². The Morgan fingerprint density at radius 2 is 1.67 bits per heavy atom. The first kappa shape index (κ1) is 13.4. The van der Waals surface area contributed by atoms with Gasteiger partial charge in [0.25, 0.3) is 5.56 Å². The summed E-state index contributed by atoms with van der Waals surface area (Å²) in [6, 6.07) is 17.9. The van der Waals surface area contributed by atoms with Crippen molar-refractivity contribution in [2.24, 2.45) is 0 Å². The zero-order valence-corrected chi connectivity index (χ0v) is 12.3. The Morgan fingerprint density at radius 3 is 2.29 bits per heavy atom. The van der Waals surface area contributed by atoms with Gasteiger partial charge in [-0.2, -0.15) is 0 Å². The number of nitrogens with zero attached hydrogens (tertiary/aromatic N) is 1. The summed E-state index contributed by atoms with van der Waals surface area (Å²) in [6.07, 6.45) is 0.707. The van der Waals surface area contributed by atoms with E-state index in [0.717, 1.165) is 22.5 Å². The predicted molar refractivity (Wildman–Crippen MR) is 85.9 cm³/mol. The van der Waals surface area contributed by atoms with E-state index in [1.165, 1.54) is 5.56 Å².